The summed E-state index contributed by atoms with van der Waals surface area (Å²) in [6.07, 6.45) is 3.04. The van der Waals surface area contributed by atoms with Crippen molar-refractivity contribution in [2.24, 2.45) is 11.8 Å². The van der Waals surface area contributed by atoms with Gasteiger partial charge in [0, 0.05) is 12.6 Å². The summed E-state index contributed by atoms with van der Waals surface area (Å²) in [6, 6.07) is 15.8. The molecule has 43 heavy (non-hydrogen) atoms. The quantitative estimate of drug-likeness (QED) is 0.157. The second-order valence-electron chi connectivity index (χ2n) is 12.4. The molecule has 0 spiro atoms. The Morgan fingerprint density at radius 3 is 2.26 bits per heavy atom. The zero-order chi connectivity index (χ0) is 30.9. The highest BCUT2D eigenvalue weighted by molar-refractivity contribution is 6.00. The molecule has 4 rings (SSSR count). The Morgan fingerprint density at radius 2 is 1.67 bits per heavy atom. The Labute approximate surface area is 255 Å². The van der Waals surface area contributed by atoms with Crippen LogP contribution in [-0.4, -0.2) is 68.8 Å². The smallest absolute Gasteiger partial charge is 0.346 e. The summed E-state index contributed by atoms with van der Waals surface area (Å²) in [6.45, 7) is 13.2. The standard InChI is InChI=1S/C35H49F3N4O/c1-4-19-39-23-26(3)27(5-2)24-40-28-16-21-42(22-17-28)20-11-10-18-34(33(43)41-25-35(36,37)38)31-14-8-6-12-29(31)30-13-7-9-15-32(30)34/h5-9,12-15,26-28,39-40H,2,4,10-11,16-25H2,1,3H3,(H,41,43). The van der Waals surface area contributed by atoms with Gasteiger partial charge in [-0.15, -0.1) is 6.58 Å². The monoisotopic (exact) mass is 598 g/mol. The summed E-state index contributed by atoms with van der Waals surface area (Å²) in [5.74, 6) is 0.408. The largest absolute Gasteiger partial charge is 0.405 e. The number of piperidine rings is 1. The number of halogens is 3. The van der Waals surface area contributed by atoms with E-state index in [2.05, 4.69) is 47.4 Å². The van der Waals surface area contributed by atoms with Crippen LogP contribution < -0.4 is 16.0 Å². The predicted molar refractivity (Wildman–Crippen MR) is 169 cm³/mol. The molecule has 5 nitrogen and oxygen atoms in total. The van der Waals surface area contributed by atoms with Crippen molar-refractivity contribution in [2.75, 3.05) is 45.8 Å². The molecule has 2 aromatic rings. The predicted octanol–water partition coefficient (Wildman–Crippen LogP) is 6.29. The Hall–Kier alpha value is -2.68. The van der Waals surface area contributed by atoms with Crippen LogP contribution in [0.25, 0.3) is 11.1 Å². The number of hydrogen-bond acceptors (Lipinski definition) is 4. The number of carbonyl (C=O) groups excluding carboxylic acids is 1. The van der Waals surface area contributed by atoms with Crippen LogP contribution in [-0.2, 0) is 10.2 Å². The highest BCUT2D eigenvalue weighted by Gasteiger charge is 2.49. The van der Waals surface area contributed by atoms with Gasteiger partial charge in [-0.1, -0.05) is 74.9 Å². The van der Waals surface area contributed by atoms with E-state index in [0.717, 1.165) is 93.6 Å². The van der Waals surface area contributed by atoms with Crippen molar-refractivity contribution in [1.82, 2.24) is 20.9 Å². The number of unbranched alkanes of at least 4 members (excludes halogenated alkanes) is 1. The highest BCUT2D eigenvalue weighted by atomic mass is 19.4. The van der Waals surface area contributed by atoms with Crippen LogP contribution >= 0.6 is 0 Å². The van der Waals surface area contributed by atoms with Crippen molar-refractivity contribution in [3.05, 3.63) is 72.3 Å². The summed E-state index contributed by atoms with van der Waals surface area (Å²) in [5.41, 5.74) is 2.34. The maximum absolute atomic E-state index is 13.7. The number of nitrogens with zero attached hydrogens (tertiary/aromatic N) is 1. The van der Waals surface area contributed by atoms with E-state index in [1.54, 1.807) is 0 Å². The summed E-state index contributed by atoms with van der Waals surface area (Å²) >= 11 is 0. The van der Waals surface area contributed by atoms with E-state index in [0.29, 0.717) is 24.3 Å². The molecule has 2 atom stereocenters. The summed E-state index contributed by atoms with van der Waals surface area (Å²) in [5, 5.41) is 9.53. The van der Waals surface area contributed by atoms with Crippen LogP contribution in [0.1, 0.15) is 63.5 Å². The van der Waals surface area contributed by atoms with Gasteiger partial charge in [-0.05, 0) is 98.9 Å². The molecule has 0 radical (unpaired) electrons. The third-order valence-corrected chi connectivity index (χ3v) is 9.33. The van der Waals surface area contributed by atoms with Crippen LogP contribution in [0.5, 0.6) is 0 Å². The van der Waals surface area contributed by atoms with Gasteiger partial charge in [-0.25, -0.2) is 0 Å². The summed E-state index contributed by atoms with van der Waals surface area (Å²) < 4.78 is 39.4. The number of likely N-dealkylation sites (tertiary alicyclic amines) is 1. The van der Waals surface area contributed by atoms with Crippen LogP contribution in [0, 0.1) is 11.8 Å². The zero-order valence-electron chi connectivity index (χ0n) is 25.8. The number of alkyl halides is 3. The van der Waals surface area contributed by atoms with Gasteiger partial charge in [0.15, 0.2) is 0 Å². The Kier molecular flexibility index (Phi) is 11.9. The number of nitrogens with one attached hydrogen (secondary N) is 3. The lowest BCUT2D eigenvalue weighted by Crippen LogP contribution is -2.47. The lowest BCUT2D eigenvalue weighted by atomic mass is 9.73. The zero-order valence-corrected chi connectivity index (χ0v) is 25.8. The number of rotatable bonds is 16. The first-order valence-electron chi connectivity index (χ1n) is 16.0. The topological polar surface area (TPSA) is 56.4 Å². The van der Waals surface area contributed by atoms with E-state index < -0.39 is 24.0 Å². The average molecular weight is 599 g/mol. The van der Waals surface area contributed by atoms with Crippen LogP contribution in [0.4, 0.5) is 13.2 Å². The number of benzene rings is 2. The third kappa shape index (κ3) is 8.28. The van der Waals surface area contributed by atoms with Crippen LogP contribution in [0.15, 0.2) is 61.2 Å². The van der Waals surface area contributed by atoms with E-state index in [1.165, 1.54) is 0 Å². The van der Waals surface area contributed by atoms with Gasteiger partial charge in [0.1, 0.15) is 12.0 Å². The highest BCUT2D eigenvalue weighted by Crippen LogP contribution is 2.51. The molecule has 1 aliphatic carbocycles. The van der Waals surface area contributed by atoms with Crippen LogP contribution in [0.2, 0.25) is 0 Å². The first-order chi connectivity index (χ1) is 20.7. The Bertz CT molecular complexity index is 1150. The molecule has 236 valence electrons. The maximum atomic E-state index is 13.7. The fourth-order valence-electron chi connectivity index (χ4n) is 6.85. The van der Waals surface area contributed by atoms with Crippen molar-refractivity contribution >= 4 is 5.91 Å². The molecule has 2 aromatic carbocycles. The van der Waals surface area contributed by atoms with Gasteiger partial charge < -0.3 is 20.9 Å². The third-order valence-electron chi connectivity index (χ3n) is 9.33. The van der Waals surface area contributed by atoms with E-state index in [1.807, 2.05) is 48.5 Å². The summed E-state index contributed by atoms with van der Waals surface area (Å²) in [7, 11) is 0. The number of amides is 1. The fourth-order valence-corrected chi connectivity index (χ4v) is 6.85. The molecule has 0 aromatic heterocycles. The van der Waals surface area contributed by atoms with E-state index in [9.17, 15) is 18.0 Å². The minimum Gasteiger partial charge on any atom is -0.346 e. The van der Waals surface area contributed by atoms with Crippen molar-refractivity contribution < 1.29 is 18.0 Å². The average Bonchev–Trinajstić information content (AvgIpc) is 3.29. The fraction of sp³-hybridized carbons (Fsp3) is 0.571. The van der Waals surface area contributed by atoms with Crippen molar-refractivity contribution in [3.63, 3.8) is 0 Å². The molecule has 2 unspecified atom stereocenters. The molecule has 0 saturated carbocycles. The number of carbonyl (C=O) groups is 1. The van der Waals surface area contributed by atoms with Gasteiger partial charge in [-0.3, -0.25) is 4.79 Å². The molecule has 0 bridgehead atoms. The van der Waals surface area contributed by atoms with E-state index in [4.69, 9.17) is 0 Å². The first-order valence-corrected chi connectivity index (χ1v) is 16.0. The van der Waals surface area contributed by atoms with Crippen molar-refractivity contribution in [1.29, 1.82) is 0 Å². The number of fused-ring (bicyclic) bond motifs is 3. The minimum absolute atomic E-state index is 0.439. The normalized spacial score (nSPS) is 18.1. The van der Waals surface area contributed by atoms with Crippen molar-refractivity contribution in [3.8, 4) is 11.1 Å². The molecule has 1 amide bonds. The van der Waals surface area contributed by atoms with Crippen LogP contribution in [0.3, 0.4) is 0 Å². The summed E-state index contributed by atoms with van der Waals surface area (Å²) in [4.78, 5) is 16.2. The molecule has 1 heterocycles. The molecule has 2 aliphatic rings. The van der Waals surface area contributed by atoms with Gasteiger partial charge >= 0.3 is 6.18 Å². The van der Waals surface area contributed by atoms with Gasteiger partial charge in [0.05, 0.1) is 0 Å². The Balaban J connectivity index is 1.31. The molecular weight excluding hydrogens is 549 g/mol. The molecule has 1 saturated heterocycles. The second-order valence-corrected chi connectivity index (χ2v) is 12.4. The number of hydrogen-bond donors (Lipinski definition) is 3. The van der Waals surface area contributed by atoms with E-state index >= 15 is 0 Å². The lowest BCUT2D eigenvalue weighted by Gasteiger charge is -2.34. The van der Waals surface area contributed by atoms with Gasteiger partial charge in [0.25, 0.3) is 0 Å². The molecule has 1 aliphatic heterocycles. The second kappa shape index (κ2) is 15.4. The first kappa shape index (κ1) is 33.2. The molecule has 8 heteroatoms. The molecule has 1 fully saturated rings. The molecular formula is C35H49F3N4O. The Morgan fingerprint density at radius 1 is 1.05 bits per heavy atom. The van der Waals surface area contributed by atoms with Crippen molar-refractivity contribution in [2.45, 2.75) is 70.0 Å². The van der Waals surface area contributed by atoms with Gasteiger partial charge in [-0.2, -0.15) is 13.2 Å². The maximum Gasteiger partial charge on any atom is 0.405 e. The molecule has 3 N–H and O–H groups in total. The van der Waals surface area contributed by atoms with E-state index in [-0.39, 0.29) is 0 Å². The lowest BCUT2D eigenvalue weighted by molar-refractivity contribution is -0.141. The SMILES string of the molecule is C=CC(CNC1CCN(CCCCC2(C(=O)NCC(F)(F)F)c3ccccc3-c3ccccc32)CC1)C(C)CNCCC. The minimum atomic E-state index is -4.47. The van der Waals surface area contributed by atoms with Gasteiger partial charge in [0.2, 0.25) is 5.91 Å².